The zero-order valence-corrected chi connectivity index (χ0v) is 26.4. The van der Waals surface area contributed by atoms with Crippen molar-refractivity contribution in [1.82, 2.24) is 9.97 Å². The largest absolute Gasteiger partial charge is 0.506 e. The molecule has 48 heavy (non-hydrogen) atoms. The monoisotopic (exact) mass is 674 g/mol. The summed E-state index contributed by atoms with van der Waals surface area (Å²) in [5, 5.41) is 16.1. The normalized spacial score (nSPS) is 19.7. The Labute approximate surface area is 279 Å². The van der Waals surface area contributed by atoms with Crippen LogP contribution in [0.2, 0.25) is 0 Å². The van der Waals surface area contributed by atoms with Crippen LogP contribution in [-0.4, -0.2) is 58.8 Å². The second-order valence-electron chi connectivity index (χ2n) is 10.9. The number of fused-ring (bicyclic) bond motifs is 3. The molecule has 4 heterocycles. The summed E-state index contributed by atoms with van der Waals surface area (Å²) in [7, 11) is 0. The van der Waals surface area contributed by atoms with Crippen molar-refractivity contribution >= 4 is 81.9 Å². The molecule has 0 saturated carbocycles. The van der Waals surface area contributed by atoms with Crippen LogP contribution < -0.4 is 14.8 Å². The molecule has 0 saturated heterocycles. The zero-order valence-electron chi connectivity index (χ0n) is 24.8. The lowest BCUT2D eigenvalue weighted by Gasteiger charge is -2.26. The van der Waals surface area contributed by atoms with Gasteiger partial charge in [0.1, 0.15) is 37.9 Å². The number of aliphatic imine (C=N–C) groups is 1. The number of ketones is 2. The Morgan fingerprint density at radius 1 is 0.708 bits per heavy atom. The smallest absolute Gasteiger partial charge is 0.238 e. The molecule has 2 N–H and O–H groups in total. The highest BCUT2D eigenvalue weighted by atomic mass is 32.1. The number of allylic oxidation sites excluding steroid dienone is 4. The Morgan fingerprint density at radius 3 is 2.15 bits per heavy atom. The summed E-state index contributed by atoms with van der Waals surface area (Å²) in [6, 6.07) is 18.9. The Balaban J connectivity index is 1.12. The highest BCUT2D eigenvalue weighted by Gasteiger charge is 2.43. The molecule has 0 unspecified atom stereocenters. The number of hydrogen-bond donors (Lipinski definition) is 2. The van der Waals surface area contributed by atoms with Crippen molar-refractivity contribution in [1.29, 1.82) is 0 Å². The summed E-state index contributed by atoms with van der Waals surface area (Å²) in [6.45, 7) is 0.960. The standard InChI is InChI=1S/C35H22N4O7S2/c40-27-25(17-9-11-21(32-30(17)43-13-15-45-32)38-34-36-19-5-1-3-7-23(19)47-34)28(41)29(42)26(27)18-10-12-22(33-31(18)44-14-16-46-33)39-35-37-20-6-2-4-8-24(20)48-35/h1-12,40H,13-16H2,(H,36,38)/b26-18-,39-22-. The lowest BCUT2D eigenvalue weighted by molar-refractivity contribution is -0.130. The van der Waals surface area contributed by atoms with Gasteiger partial charge >= 0.3 is 0 Å². The molecule has 4 aliphatic rings. The first-order valence-electron chi connectivity index (χ1n) is 15.0. The fourth-order valence-electron chi connectivity index (χ4n) is 5.96. The van der Waals surface area contributed by atoms with Gasteiger partial charge in [-0.15, -0.1) is 0 Å². The van der Waals surface area contributed by atoms with Crippen LogP contribution in [0.3, 0.4) is 0 Å². The van der Waals surface area contributed by atoms with Crippen molar-refractivity contribution in [3.63, 3.8) is 0 Å². The van der Waals surface area contributed by atoms with E-state index in [9.17, 15) is 14.7 Å². The Bertz CT molecular complexity index is 2330. The van der Waals surface area contributed by atoms with Gasteiger partial charge in [-0.2, -0.15) is 0 Å². The van der Waals surface area contributed by atoms with E-state index in [0.29, 0.717) is 33.2 Å². The van der Waals surface area contributed by atoms with Crippen LogP contribution in [0.5, 0.6) is 11.5 Å². The molecule has 2 aliphatic heterocycles. The lowest BCUT2D eigenvalue weighted by atomic mass is 9.96. The minimum Gasteiger partial charge on any atom is -0.506 e. The number of aromatic nitrogens is 2. The van der Waals surface area contributed by atoms with Gasteiger partial charge in [0.2, 0.25) is 16.7 Å². The number of Topliss-reactive ketones (excluding diaryl/α,β-unsaturated/α-hetero) is 2. The van der Waals surface area contributed by atoms with E-state index in [1.54, 1.807) is 24.3 Å². The molecular formula is C35H22N4O7S2. The van der Waals surface area contributed by atoms with Gasteiger partial charge in [-0.1, -0.05) is 46.9 Å². The van der Waals surface area contributed by atoms with Crippen LogP contribution >= 0.6 is 22.7 Å². The van der Waals surface area contributed by atoms with Gasteiger partial charge in [0, 0.05) is 11.1 Å². The molecule has 11 nitrogen and oxygen atoms in total. The number of ether oxygens (including phenoxy) is 4. The van der Waals surface area contributed by atoms with E-state index >= 15 is 0 Å². The van der Waals surface area contributed by atoms with Gasteiger partial charge in [-0.25, -0.2) is 15.0 Å². The molecule has 0 bridgehead atoms. The van der Waals surface area contributed by atoms with Crippen molar-refractivity contribution in [3.8, 4) is 11.5 Å². The van der Waals surface area contributed by atoms with Gasteiger partial charge in [0.15, 0.2) is 28.1 Å². The Kier molecular flexibility index (Phi) is 6.62. The number of para-hydroxylation sites is 2. The SMILES string of the molecule is O=C1C(=O)/C(=C2C=C/C(=N/c3nc4ccccc4s3)C3=C/2OCCO3)C(O)=C1c1ccc(Nc2nc3ccccc3s2)c2c1OCCO2. The maximum Gasteiger partial charge on any atom is 0.238 e. The molecule has 0 fully saturated rings. The molecule has 0 radical (unpaired) electrons. The Morgan fingerprint density at radius 2 is 1.38 bits per heavy atom. The van der Waals surface area contributed by atoms with Crippen LogP contribution in [0.15, 0.2) is 106 Å². The average Bonchev–Trinajstić information content (AvgIpc) is 3.78. The predicted molar refractivity (Wildman–Crippen MR) is 182 cm³/mol. The third kappa shape index (κ3) is 4.58. The molecule has 0 amide bonds. The van der Waals surface area contributed by atoms with Gasteiger partial charge in [0.25, 0.3) is 0 Å². The molecule has 0 atom stereocenters. The molecule has 3 aromatic carbocycles. The van der Waals surface area contributed by atoms with Gasteiger partial charge in [-0.05, 0) is 48.6 Å². The van der Waals surface area contributed by atoms with Gasteiger partial charge in [0.05, 0.1) is 37.3 Å². The second kappa shape index (κ2) is 11.2. The molecule has 13 heteroatoms. The van der Waals surface area contributed by atoms with Crippen LogP contribution in [0.1, 0.15) is 5.56 Å². The van der Waals surface area contributed by atoms with Crippen molar-refractivity contribution < 1.29 is 33.6 Å². The lowest BCUT2D eigenvalue weighted by Crippen LogP contribution is -2.23. The first kappa shape index (κ1) is 28.4. The van der Waals surface area contributed by atoms with Crippen molar-refractivity contribution in [2.24, 2.45) is 4.99 Å². The van der Waals surface area contributed by atoms with Crippen LogP contribution in [-0.2, 0) is 19.1 Å². The molecule has 9 rings (SSSR count). The number of hydrogen-bond acceptors (Lipinski definition) is 13. The molecular weight excluding hydrogens is 653 g/mol. The van der Waals surface area contributed by atoms with Crippen LogP contribution in [0.4, 0.5) is 16.0 Å². The number of aliphatic hydroxyl groups excluding tert-OH is 1. The number of thiazole rings is 2. The zero-order chi connectivity index (χ0) is 32.4. The van der Waals surface area contributed by atoms with E-state index in [1.807, 2.05) is 48.5 Å². The third-order valence-electron chi connectivity index (χ3n) is 8.06. The molecule has 2 aromatic heterocycles. The van der Waals surface area contributed by atoms with Crippen LogP contribution in [0.25, 0.3) is 26.0 Å². The molecule has 236 valence electrons. The van der Waals surface area contributed by atoms with E-state index < -0.39 is 17.3 Å². The number of anilines is 2. The molecule has 5 aromatic rings. The summed E-state index contributed by atoms with van der Waals surface area (Å²) >= 11 is 2.91. The number of nitrogens with zero attached hydrogens (tertiary/aromatic N) is 3. The fourth-order valence-corrected chi connectivity index (χ4v) is 7.69. The van der Waals surface area contributed by atoms with Gasteiger partial charge in [-0.3, -0.25) is 9.59 Å². The first-order chi connectivity index (χ1) is 23.5. The summed E-state index contributed by atoms with van der Waals surface area (Å²) in [5.41, 5.74) is 2.79. The average molecular weight is 675 g/mol. The number of nitrogens with one attached hydrogen (secondary N) is 1. The molecule has 2 aliphatic carbocycles. The topological polar surface area (TPSA) is 141 Å². The fraction of sp³-hybridized carbons (Fsp3) is 0.114. The molecule has 0 spiro atoms. The maximum atomic E-state index is 13.6. The highest BCUT2D eigenvalue weighted by Crippen LogP contribution is 2.48. The van der Waals surface area contributed by atoms with E-state index in [-0.39, 0.29) is 60.2 Å². The highest BCUT2D eigenvalue weighted by molar-refractivity contribution is 7.22. The minimum atomic E-state index is -0.878. The second-order valence-corrected chi connectivity index (χ2v) is 13.0. The quantitative estimate of drug-likeness (QED) is 0.156. The van der Waals surface area contributed by atoms with E-state index in [0.717, 1.165) is 20.4 Å². The minimum absolute atomic E-state index is 0.183. The van der Waals surface area contributed by atoms with E-state index in [1.165, 1.54) is 22.7 Å². The van der Waals surface area contributed by atoms with Crippen LogP contribution in [0, 0.1) is 0 Å². The first-order valence-corrected chi connectivity index (χ1v) is 16.6. The number of benzene rings is 3. The maximum absolute atomic E-state index is 13.6. The summed E-state index contributed by atoms with van der Waals surface area (Å²) < 4.78 is 26.0. The summed E-state index contributed by atoms with van der Waals surface area (Å²) in [4.78, 5) is 41.2. The van der Waals surface area contributed by atoms with E-state index in [4.69, 9.17) is 23.9 Å². The van der Waals surface area contributed by atoms with Gasteiger partial charge < -0.3 is 29.4 Å². The van der Waals surface area contributed by atoms with Crippen molar-refractivity contribution in [2.45, 2.75) is 0 Å². The van der Waals surface area contributed by atoms with E-state index in [2.05, 4.69) is 15.3 Å². The third-order valence-corrected chi connectivity index (χ3v) is 9.94. The number of rotatable bonds is 4. The number of carbonyl (C=O) groups excluding carboxylic acids is 2. The van der Waals surface area contributed by atoms with Crippen molar-refractivity contribution in [3.05, 3.63) is 107 Å². The van der Waals surface area contributed by atoms with Crippen molar-refractivity contribution in [2.75, 3.05) is 31.7 Å². The summed E-state index contributed by atoms with van der Waals surface area (Å²) in [6.07, 6.45) is 3.26. The Hall–Kier alpha value is -5.79. The summed E-state index contributed by atoms with van der Waals surface area (Å²) in [5.74, 6) is -1.14. The number of carbonyl (C=O) groups is 2. The predicted octanol–water partition coefficient (Wildman–Crippen LogP) is 6.74. The number of aliphatic hydroxyl groups is 1.